The maximum atomic E-state index is 8.36. The molecule has 2 aliphatic rings. The molecule has 0 unspecified atom stereocenters. The number of likely N-dealkylation sites (tertiary alicyclic amines) is 1. The Morgan fingerprint density at radius 2 is 2.12 bits per heavy atom. The molecule has 0 bridgehead atoms. The lowest BCUT2D eigenvalue weighted by atomic mass is 10.1. The first-order valence-electron chi connectivity index (χ1n) is 8.59. The van der Waals surface area contributed by atoms with Crippen molar-refractivity contribution in [3.8, 4) is 5.75 Å². The number of hydrogen-bond acceptors (Lipinski definition) is 4. The smallest absolute Gasteiger partial charge is 0.290 e. The predicted molar refractivity (Wildman–Crippen MR) is 95.7 cm³/mol. The highest BCUT2D eigenvalue weighted by Gasteiger charge is 2.22. The normalized spacial score (nSPS) is 20.8. The molecule has 0 spiro atoms. The zero-order chi connectivity index (χ0) is 17.4. The van der Waals surface area contributed by atoms with Gasteiger partial charge in [0.15, 0.2) is 0 Å². The number of hydrogen-bond donors (Lipinski definition) is 2. The van der Waals surface area contributed by atoms with Crippen molar-refractivity contribution in [3.05, 3.63) is 28.8 Å². The molecule has 1 saturated heterocycles. The number of carboxylic acid groups (broad SMARTS) is 1. The first-order chi connectivity index (χ1) is 11.6. The third kappa shape index (κ3) is 6.67. The van der Waals surface area contributed by atoms with Crippen LogP contribution in [0.4, 0.5) is 0 Å². The molecule has 6 heteroatoms. The molecule has 2 fully saturated rings. The van der Waals surface area contributed by atoms with Gasteiger partial charge in [0.1, 0.15) is 5.75 Å². The minimum Gasteiger partial charge on any atom is -0.492 e. The zero-order valence-electron chi connectivity index (χ0n) is 14.0. The topological polar surface area (TPSA) is 75.8 Å². The molecule has 1 aliphatic carbocycles. The van der Waals surface area contributed by atoms with Gasteiger partial charge in [-0.05, 0) is 62.3 Å². The Labute approximate surface area is 148 Å². The van der Waals surface area contributed by atoms with Gasteiger partial charge in [0.05, 0.1) is 11.6 Å². The predicted octanol–water partition coefficient (Wildman–Crippen LogP) is 2.80. The van der Waals surface area contributed by atoms with E-state index in [1.54, 1.807) is 0 Å². The van der Waals surface area contributed by atoms with Gasteiger partial charge in [0.25, 0.3) is 6.47 Å². The Hall–Kier alpha value is -1.30. The second-order valence-electron chi connectivity index (χ2n) is 6.58. The molecule has 1 aromatic carbocycles. The molecule has 0 radical (unpaired) electrons. The molecule has 5 nitrogen and oxygen atoms in total. The summed E-state index contributed by atoms with van der Waals surface area (Å²) in [5, 5.41) is 7.63. The fourth-order valence-corrected chi connectivity index (χ4v) is 3.15. The van der Waals surface area contributed by atoms with Gasteiger partial charge < -0.3 is 20.5 Å². The van der Waals surface area contributed by atoms with E-state index in [0.29, 0.717) is 6.04 Å². The number of halogens is 1. The van der Waals surface area contributed by atoms with Crippen LogP contribution >= 0.6 is 11.6 Å². The van der Waals surface area contributed by atoms with E-state index >= 15 is 0 Å². The van der Waals surface area contributed by atoms with Gasteiger partial charge in [-0.15, -0.1) is 0 Å². The van der Waals surface area contributed by atoms with E-state index in [1.165, 1.54) is 31.4 Å². The average Bonchev–Trinajstić information content (AvgIpc) is 3.37. The summed E-state index contributed by atoms with van der Waals surface area (Å²) in [6, 6.07) is 6.55. The summed E-state index contributed by atoms with van der Waals surface area (Å²) in [7, 11) is 0. The van der Waals surface area contributed by atoms with Crippen LogP contribution < -0.4 is 10.5 Å². The van der Waals surface area contributed by atoms with E-state index in [-0.39, 0.29) is 6.47 Å². The number of benzene rings is 1. The van der Waals surface area contributed by atoms with Crippen molar-refractivity contribution in [2.24, 2.45) is 11.7 Å². The molecular weight excluding hydrogens is 328 g/mol. The Morgan fingerprint density at radius 3 is 2.75 bits per heavy atom. The van der Waals surface area contributed by atoms with Gasteiger partial charge in [-0.25, -0.2) is 0 Å². The van der Waals surface area contributed by atoms with Gasteiger partial charge in [-0.1, -0.05) is 17.7 Å². The summed E-state index contributed by atoms with van der Waals surface area (Å²) in [6.07, 6.45) is 6.00. The fourth-order valence-electron chi connectivity index (χ4n) is 2.89. The number of ether oxygens (including phenoxy) is 1. The Bertz CT molecular complexity index is 523. The monoisotopic (exact) mass is 354 g/mol. The molecular formula is C18H27ClN2O3. The minimum atomic E-state index is -0.250. The van der Waals surface area contributed by atoms with E-state index in [4.69, 9.17) is 32.0 Å². The molecule has 134 valence electrons. The number of rotatable bonds is 6. The second-order valence-corrected chi connectivity index (χ2v) is 6.98. The summed E-state index contributed by atoms with van der Waals surface area (Å²) in [5.74, 6) is 1.58. The zero-order valence-corrected chi connectivity index (χ0v) is 14.8. The number of nitrogens with two attached hydrogens (primary N) is 1. The third-order valence-corrected chi connectivity index (χ3v) is 4.72. The van der Waals surface area contributed by atoms with Crippen molar-refractivity contribution >= 4 is 18.1 Å². The summed E-state index contributed by atoms with van der Waals surface area (Å²) in [5.41, 5.74) is 7.30. The highest BCUT2D eigenvalue weighted by molar-refractivity contribution is 6.32. The first-order valence-corrected chi connectivity index (χ1v) is 8.97. The average molecular weight is 355 g/mol. The quantitative estimate of drug-likeness (QED) is 0.768. The molecule has 1 atom stereocenters. The van der Waals surface area contributed by atoms with E-state index in [9.17, 15) is 0 Å². The van der Waals surface area contributed by atoms with Crippen LogP contribution in [0.5, 0.6) is 5.75 Å². The second kappa shape index (κ2) is 9.87. The van der Waals surface area contributed by atoms with Gasteiger partial charge in [-0.3, -0.25) is 4.79 Å². The van der Waals surface area contributed by atoms with Gasteiger partial charge in [0.2, 0.25) is 0 Å². The maximum Gasteiger partial charge on any atom is 0.290 e. The molecule has 1 aromatic rings. The van der Waals surface area contributed by atoms with Crippen LogP contribution in [0.15, 0.2) is 18.2 Å². The summed E-state index contributed by atoms with van der Waals surface area (Å²) in [6.45, 7) is 3.82. The molecule has 3 rings (SSSR count). The first kappa shape index (κ1) is 19.0. The van der Waals surface area contributed by atoms with Crippen LogP contribution in [0.1, 0.15) is 31.2 Å². The fraction of sp³-hybridized carbons (Fsp3) is 0.611. The van der Waals surface area contributed by atoms with Crippen LogP contribution in [0.2, 0.25) is 5.02 Å². The van der Waals surface area contributed by atoms with Crippen LogP contribution in [-0.2, 0) is 11.2 Å². The largest absolute Gasteiger partial charge is 0.492 e. The molecule has 0 aromatic heterocycles. The molecule has 0 amide bonds. The standard InChI is InChI=1S/C17H25ClN2O.CH2O2/c18-16-10-13(5-6-17(16)21-12-14-3-4-14)7-9-20-8-1-2-15(19)11-20;2-1-3/h5-6,10,14-15H,1-4,7-9,11-12,19H2;1H,(H,2,3)/t15-;/m1./s1. The highest BCUT2D eigenvalue weighted by atomic mass is 35.5. The van der Waals surface area contributed by atoms with E-state index < -0.39 is 0 Å². The summed E-state index contributed by atoms with van der Waals surface area (Å²) < 4.78 is 5.77. The van der Waals surface area contributed by atoms with Crippen LogP contribution in [-0.4, -0.2) is 48.8 Å². The Kier molecular flexibility index (Phi) is 7.82. The van der Waals surface area contributed by atoms with Gasteiger partial charge in [0, 0.05) is 19.1 Å². The Morgan fingerprint density at radius 1 is 1.38 bits per heavy atom. The van der Waals surface area contributed by atoms with Crippen molar-refractivity contribution in [1.82, 2.24) is 4.90 Å². The maximum absolute atomic E-state index is 8.36. The lowest BCUT2D eigenvalue weighted by Gasteiger charge is -2.30. The van der Waals surface area contributed by atoms with Crippen LogP contribution in [0.25, 0.3) is 0 Å². The SMILES string of the molecule is N[C@@H]1CCCN(CCc2ccc(OCC3CC3)c(Cl)c2)C1.O=CO. The highest BCUT2D eigenvalue weighted by Crippen LogP contribution is 2.32. The van der Waals surface area contributed by atoms with Crippen molar-refractivity contribution in [2.75, 3.05) is 26.2 Å². The molecule has 1 aliphatic heterocycles. The molecule has 3 N–H and O–H groups in total. The van der Waals surface area contributed by atoms with Gasteiger partial charge >= 0.3 is 0 Å². The summed E-state index contributed by atoms with van der Waals surface area (Å²) >= 11 is 6.32. The van der Waals surface area contributed by atoms with E-state index in [2.05, 4.69) is 11.0 Å². The van der Waals surface area contributed by atoms with Crippen molar-refractivity contribution in [1.29, 1.82) is 0 Å². The van der Waals surface area contributed by atoms with Gasteiger partial charge in [-0.2, -0.15) is 0 Å². The van der Waals surface area contributed by atoms with Crippen molar-refractivity contribution in [3.63, 3.8) is 0 Å². The lowest BCUT2D eigenvalue weighted by Crippen LogP contribution is -2.43. The number of carbonyl (C=O) groups is 1. The number of nitrogens with zero attached hydrogens (tertiary/aromatic N) is 1. The minimum absolute atomic E-state index is 0.250. The summed E-state index contributed by atoms with van der Waals surface area (Å²) in [4.78, 5) is 10.8. The lowest BCUT2D eigenvalue weighted by molar-refractivity contribution is -0.122. The van der Waals surface area contributed by atoms with E-state index in [0.717, 1.165) is 49.2 Å². The van der Waals surface area contributed by atoms with E-state index in [1.807, 2.05) is 12.1 Å². The van der Waals surface area contributed by atoms with Crippen LogP contribution in [0, 0.1) is 5.92 Å². The molecule has 1 heterocycles. The van der Waals surface area contributed by atoms with Crippen molar-refractivity contribution < 1.29 is 14.6 Å². The van der Waals surface area contributed by atoms with Crippen LogP contribution in [0.3, 0.4) is 0 Å². The van der Waals surface area contributed by atoms with Crippen molar-refractivity contribution in [2.45, 2.75) is 38.1 Å². The molecule has 24 heavy (non-hydrogen) atoms. The Balaban J connectivity index is 0.000000647. The third-order valence-electron chi connectivity index (χ3n) is 4.43. The molecule has 1 saturated carbocycles. The number of piperidine rings is 1.